The topological polar surface area (TPSA) is 124 Å². The zero-order valence-corrected chi connectivity index (χ0v) is 18.4. The zero-order valence-electron chi connectivity index (χ0n) is 17.6. The molecule has 0 saturated heterocycles. The number of hydrogen-bond acceptors (Lipinski definition) is 8. The van der Waals surface area contributed by atoms with Crippen molar-refractivity contribution in [2.75, 3.05) is 11.9 Å². The van der Waals surface area contributed by atoms with Crippen molar-refractivity contribution in [3.8, 4) is 5.00 Å². The van der Waals surface area contributed by atoms with E-state index in [0.29, 0.717) is 23.4 Å². The first-order valence-corrected chi connectivity index (χ1v) is 10.4. The number of ether oxygens (including phenoxy) is 2. The van der Waals surface area contributed by atoms with Crippen LogP contribution in [0.4, 0.5) is 9.80 Å². The van der Waals surface area contributed by atoms with Crippen molar-refractivity contribution in [1.82, 2.24) is 20.3 Å². The summed E-state index contributed by atoms with van der Waals surface area (Å²) >= 11 is 1.14. The van der Waals surface area contributed by atoms with Crippen LogP contribution in [0.3, 0.4) is 0 Å². The summed E-state index contributed by atoms with van der Waals surface area (Å²) in [6.45, 7) is 8.93. The predicted octanol–water partition coefficient (Wildman–Crippen LogP) is 2.81. The molecule has 2 heterocycles. The number of nitrogens with zero attached hydrogens (tertiary/aromatic N) is 3. The predicted molar refractivity (Wildman–Crippen MR) is 110 cm³/mol. The minimum absolute atomic E-state index is 0.191. The first kappa shape index (κ1) is 21.8. The third-order valence-electron chi connectivity index (χ3n) is 4.32. The Balaban J connectivity index is 1.82. The Kier molecular flexibility index (Phi) is 5.84. The van der Waals surface area contributed by atoms with Crippen LogP contribution in [0.2, 0.25) is 0 Å². The molecule has 162 valence electrons. The van der Waals surface area contributed by atoms with E-state index in [1.54, 1.807) is 34.6 Å². The first-order valence-electron chi connectivity index (χ1n) is 9.56. The number of thiophene rings is 1. The Bertz CT molecular complexity index is 957. The van der Waals surface area contributed by atoms with Gasteiger partial charge >= 0.3 is 18.0 Å². The average Bonchev–Trinajstić information content (AvgIpc) is 3.08. The average molecular weight is 436 g/mol. The Morgan fingerprint density at radius 2 is 1.87 bits per heavy atom. The van der Waals surface area contributed by atoms with Crippen LogP contribution in [0.25, 0.3) is 5.00 Å². The second-order valence-electron chi connectivity index (χ2n) is 7.94. The van der Waals surface area contributed by atoms with Gasteiger partial charge in [-0.25, -0.2) is 14.4 Å². The highest BCUT2D eigenvalue weighted by atomic mass is 32.1. The van der Waals surface area contributed by atoms with Gasteiger partial charge in [-0.1, -0.05) is 11.3 Å². The van der Waals surface area contributed by atoms with Crippen LogP contribution in [-0.4, -0.2) is 50.7 Å². The van der Waals surface area contributed by atoms with Gasteiger partial charge < -0.3 is 14.8 Å². The van der Waals surface area contributed by atoms with E-state index >= 15 is 0 Å². The number of rotatable bonds is 6. The minimum atomic E-state index is -1.04. The summed E-state index contributed by atoms with van der Waals surface area (Å²) in [5.74, 6) is -1.03. The number of aromatic nitrogens is 3. The molecule has 1 aliphatic carbocycles. The zero-order chi connectivity index (χ0) is 22.1. The van der Waals surface area contributed by atoms with Crippen LogP contribution < -0.4 is 10.6 Å². The fourth-order valence-electron chi connectivity index (χ4n) is 2.78. The molecule has 1 fully saturated rings. The normalized spacial score (nSPS) is 14.7. The lowest BCUT2D eigenvalue weighted by atomic mass is 10.2. The Morgan fingerprint density at radius 1 is 1.23 bits per heavy atom. The lowest BCUT2D eigenvalue weighted by Crippen LogP contribution is -2.47. The quantitative estimate of drug-likeness (QED) is 0.669. The fourth-order valence-corrected chi connectivity index (χ4v) is 3.89. The van der Waals surface area contributed by atoms with Crippen molar-refractivity contribution >= 4 is 34.3 Å². The Hall–Kier alpha value is -2.95. The van der Waals surface area contributed by atoms with Crippen molar-refractivity contribution in [3.63, 3.8) is 0 Å². The molecule has 30 heavy (non-hydrogen) atoms. The molecule has 2 aromatic heterocycles. The Morgan fingerprint density at radius 3 is 2.40 bits per heavy atom. The van der Waals surface area contributed by atoms with Crippen molar-refractivity contribution in [2.45, 2.75) is 58.6 Å². The molecular weight excluding hydrogens is 410 g/mol. The maximum Gasteiger partial charge on any atom is 0.341 e. The SMILES string of the molecule is CCOC(=O)c1c(NC(=O)NC2(C(=O)OC(C)(C)C)CC2)sc(-n2nccn2)c1C. The lowest BCUT2D eigenvalue weighted by Gasteiger charge is -2.24. The highest BCUT2D eigenvalue weighted by Gasteiger charge is 2.53. The summed E-state index contributed by atoms with van der Waals surface area (Å²) in [5, 5.41) is 14.4. The van der Waals surface area contributed by atoms with Gasteiger partial charge in [0.15, 0.2) is 0 Å². The molecule has 2 aromatic rings. The third kappa shape index (κ3) is 4.61. The smallest absolute Gasteiger partial charge is 0.341 e. The molecule has 0 aromatic carbocycles. The number of carbonyl (C=O) groups excluding carboxylic acids is 3. The molecule has 11 heteroatoms. The fraction of sp³-hybridized carbons (Fsp3) is 0.526. The summed E-state index contributed by atoms with van der Waals surface area (Å²) in [7, 11) is 0. The number of anilines is 1. The maximum atomic E-state index is 12.7. The number of esters is 2. The molecule has 0 bridgehead atoms. The molecule has 2 amide bonds. The van der Waals surface area contributed by atoms with Gasteiger partial charge in [0.25, 0.3) is 0 Å². The molecule has 10 nitrogen and oxygen atoms in total. The molecule has 0 atom stereocenters. The van der Waals surface area contributed by atoms with Gasteiger partial charge in [0.1, 0.15) is 21.1 Å². The molecule has 1 aliphatic rings. The number of urea groups is 1. The number of hydrogen-bond donors (Lipinski definition) is 2. The summed E-state index contributed by atoms with van der Waals surface area (Å²) in [4.78, 5) is 39.0. The van der Waals surface area contributed by atoms with Gasteiger partial charge in [0, 0.05) is 5.56 Å². The van der Waals surface area contributed by atoms with Gasteiger partial charge in [0.2, 0.25) is 0 Å². The largest absolute Gasteiger partial charge is 0.462 e. The van der Waals surface area contributed by atoms with E-state index in [1.165, 1.54) is 17.2 Å². The van der Waals surface area contributed by atoms with Gasteiger partial charge in [-0.15, -0.1) is 4.80 Å². The molecule has 0 spiro atoms. The van der Waals surface area contributed by atoms with Crippen LogP contribution in [0, 0.1) is 6.92 Å². The molecule has 1 saturated carbocycles. The molecule has 0 unspecified atom stereocenters. The second kappa shape index (κ2) is 8.05. The van der Waals surface area contributed by atoms with E-state index in [2.05, 4.69) is 20.8 Å². The summed E-state index contributed by atoms with van der Waals surface area (Å²) in [6, 6.07) is -0.606. The second-order valence-corrected chi connectivity index (χ2v) is 8.94. The van der Waals surface area contributed by atoms with Crippen LogP contribution in [0.1, 0.15) is 56.5 Å². The van der Waals surface area contributed by atoms with E-state index in [0.717, 1.165) is 11.3 Å². The van der Waals surface area contributed by atoms with Crippen LogP contribution in [-0.2, 0) is 14.3 Å². The molecular formula is C19H25N5O5S. The number of amides is 2. The van der Waals surface area contributed by atoms with E-state index in [-0.39, 0.29) is 17.2 Å². The Labute approximate surface area is 177 Å². The van der Waals surface area contributed by atoms with Gasteiger partial charge in [-0.05, 0) is 47.5 Å². The van der Waals surface area contributed by atoms with E-state index in [9.17, 15) is 14.4 Å². The number of nitrogens with one attached hydrogen (secondary N) is 2. The summed E-state index contributed by atoms with van der Waals surface area (Å²) < 4.78 is 10.5. The standard InChI is InChI=1S/C19H25N5O5S/c1-6-28-15(25)12-11(2)14(24-20-9-10-21-24)30-13(12)22-17(27)23-19(7-8-19)16(26)29-18(3,4)5/h9-10H,6-8H2,1-5H3,(H2,22,23,27). The lowest BCUT2D eigenvalue weighted by molar-refractivity contribution is -0.158. The van der Waals surface area contributed by atoms with Gasteiger partial charge in [-0.2, -0.15) is 10.2 Å². The van der Waals surface area contributed by atoms with Gasteiger partial charge in [0.05, 0.1) is 24.6 Å². The van der Waals surface area contributed by atoms with Crippen LogP contribution in [0.5, 0.6) is 0 Å². The van der Waals surface area contributed by atoms with Crippen LogP contribution >= 0.6 is 11.3 Å². The first-order chi connectivity index (χ1) is 14.1. The minimum Gasteiger partial charge on any atom is -0.462 e. The van der Waals surface area contributed by atoms with Crippen molar-refractivity contribution in [3.05, 3.63) is 23.5 Å². The summed E-state index contributed by atoms with van der Waals surface area (Å²) in [5.41, 5.74) is -0.886. The van der Waals surface area contributed by atoms with Gasteiger partial charge in [-0.3, -0.25) is 5.32 Å². The molecule has 0 radical (unpaired) electrons. The van der Waals surface area contributed by atoms with E-state index in [4.69, 9.17) is 9.47 Å². The highest BCUT2D eigenvalue weighted by molar-refractivity contribution is 7.19. The van der Waals surface area contributed by atoms with Crippen molar-refractivity contribution < 1.29 is 23.9 Å². The highest BCUT2D eigenvalue weighted by Crippen LogP contribution is 2.39. The van der Waals surface area contributed by atoms with Crippen LogP contribution in [0.15, 0.2) is 12.4 Å². The molecule has 2 N–H and O–H groups in total. The maximum absolute atomic E-state index is 12.7. The van der Waals surface area contributed by atoms with Crippen molar-refractivity contribution in [2.24, 2.45) is 0 Å². The van der Waals surface area contributed by atoms with Crippen molar-refractivity contribution in [1.29, 1.82) is 0 Å². The third-order valence-corrected chi connectivity index (χ3v) is 5.49. The monoisotopic (exact) mass is 435 g/mol. The molecule has 3 rings (SSSR count). The molecule has 0 aliphatic heterocycles. The summed E-state index contributed by atoms with van der Waals surface area (Å²) in [6.07, 6.45) is 4.01. The van der Waals surface area contributed by atoms with E-state index in [1.807, 2.05) is 0 Å². The van der Waals surface area contributed by atoms with E-state index < -0.39 is 29.1 Å². The number of carbonyl (C=O) groups is 3.